The lowest BCUT2D eigenvalue weighted by Gasteiger charge is -2.21. The number of hydrogen-bond donors (Lipinski definition) is 4. The molecule has 5 nitrogen and oxygen atoms in total. The molecule has 1 aromatic rings. The summed E-state index contributed by atoms with van der Waals surface area (Å²) in [6.45, 7) is 1.38. The van der Waals surface area contributed by atoms with Gasteiger partial charge in [0.15, 0.2) is 0 Å². The maximum atomic E-state index is 10.9. The van der Waals surface area contributed by atoms with E-state index in [1.54, 1.807) is 12.1 Å². The van der Waals surface area contributed by atoms with Gasteiger partial charge in [0.1, 0.15) is 5.54 Å². The zero-order valence-corrected chi connectivity index (χ0v) is 7.82. The van der Waals surface area contributed by atoms with E-state index in [1.165, 1.54) is 13.0 Å². The highest BCUT2D eigenvalue weighted by Gasteiger charge is 2.32. The van der Waals surface area contributed by atoms with Gasteiger partial charge < -0.3 is 22.3 Å². The van der Waals surface area contributed by atoms with Crippen molar-refractivity contribution < 1.29 is 9.90 Å². The molecule has 0 saturated heterocycles. The Hall–Kier alpha value is -1.75. The van der Waals surface area contributed by atoms with Crippen molar-refractivity contribution in [1.29, 1.82) is 0 Å². The molecule has 5 heteroatoms. The molecule has 0 saturated carbocycles. The molecule has 0 spiro atoms. The van der Waals surface area contributed by atoms with Gasteiger partial charge in [0.05, 0.1) is 0 Å². The van der Waals surface area contributed by atoms with Crippen LogP contribution in [0.1, 0.15) is 12.5 Å². The van der Waals surface area contributed by atoms with Crippen LogP contribution in [-0.4, -0.2) is 11.1 Å². The number of rotatable bonds is 2. The van der Waals surface area contributed by atoms with Gasteiger partial charge in [-0.25, -0.2) is 4.79 Å². The van der Waals surface area contributed by atoms with Crippen molar-refractivity contribution in [2.24, 2.45) is 5.73 Å². The first-order valence-electron chi connectivity index (χ1n) is 4.03. The van der Waals surface area contributed by atoms with Crippen LogP contribution < -0.4 is 17.2 Å². The summed E-state index contributed by atoms with van der Waals surface area (Å²) in [5.41, 5.74) is 16.3. The SMILES string of the molecule is C[C@](N)(C(=O)O)c1cc(N)ccc1N. The fraction of sp³-hybridized carbons (Fsp3) is 0.222. The molecule has 1 atom stereocenters. The molecule has 76 valence electrons. The quantitative estimate of drug-likeness (QED) is 0.500. The molecular weight excluding hydrogens is 182 g/mol. The highest BCUT2D eigenvalue weighted by atomic mass is 16.4. The Morgan fingerprint density at radius 3 is 2.50 bits per heavy atom. The molecule has 0 radical (unpaired) electrons. The second-order valence-corrected chi connectivity index (χ2v) is 3.35. The molecule has 0 amide bonds. The van der Waals surface area contributed by atoms with E-state index in [9.17, 15) is 4.79 Å². The molecule has 0 aliphatic heterocycles. The third kappa shape index (κ3) is 1.62. The van der Waals surface area contributed by atoms with Gasteiger partial charge in [-0.15, -0.1) is 0 Å². The van der Waals surface area contributed by atoms with Crippen LogP contribution in [0.2, 0.25) is 0 Å². The van der Waals surface area contributed by atoms with Gasteiger partial charge in [-0.05, 0) is 25.1 Å². The van der Waals surface area contributed by atoms with Gasteiger partial charge in [-0.3, -0.25) is 0 Å². The van der Waals surface area contributed by atoms with Crippen molar-refractivity contribution in [3.8, 4) is 0 Å². The standard InChI is InChI=1S/C9H13N3O2/c1-9(12,8(13)14)6-4-5(10)2-3-7(6)11/h2-4H,10-12H2,1H3,(H,13,14)/t9-/m1/s1. The van der Waals surface area contributed by atoms with E-state index < -0.39 is 11.5 Å². The monoisotopic (exact) mass is 195 g/mol. The summed E-state index contributed by atoms with van der Waals surface area (Å²) in [4.78, 5) is 10.9. The number of nitrogens with two attached hydrogens (primary N) is 3. The summed E-state index contributed by atoms with van der Waals surface area (Å²) in [5.74, 6) is -1.14. The lowest BCUT2D eigenvalue weighted by Crippen LogP contribution is -2.42. The van der Waals surface area contributed by atoms with E-state index in [0.29, 0.717) is 16.9 Å². The Morgan fingerprint density at radius 1 is 1.43 bits per heavy atom. The van der Waals surface area contributed by atoms with E-state index in [0.717, 1.165) is 0 Å². The van der Waals surface area contributed by atoms with Crippen molar-refractivity contribution in [3.05, 3.63) is 23.8 Å². The number of nitrogen functional groups attached to an aromatic ring is 2. The summed E-state index contributed by atoms with van der Waals surface area (Å²) in [6.07, 6.45) is 0. The normalized spacial score (nSPS) is 14.7. The van der Waals surface area contributed by atoms with Gasteiger partial charge >= 0.3 is 5.97 Å². The van der Waals surface area contributed by atoms with Gasteiger partial charge in [0, 0.05) is 16.9 Å². The average Bonchev–Trinajstić information content (AvgIpc) is 2.08. The molecule has 0 unspecified atom stereocenters. The molecule has 0 bridgehead atoms. The summed E-state index contributed by atoms with van der Waals surface area (Å²) in [7, 11) is 0. The zero-order chi connectivity index (χ0) is 10.9. The minimum Gasteiger partial charge on any atom is -0.480 e. The number of carboxylic acid groups (broad SMARTS) is 1. The number of benzene rings is 1. The second-order valence-electron chi connectivity index (χ2n) is 3.35. The van der Waals surface area contributed by atoms with Gasteiger partial charge in [-0.1, -0.05) is 0 Å². The number of carboxylic acids is 1. The van der Waals surface area contributed by atoms with Gasteiger partial charge in [-0.2, -0.15) is 0 Å². The molecule has 1 rings (SSSR count). The Labute approximate surface area is 81.5 Å². The predicted molar refractivity (Wildman–Crippen MR) is 54.4 cm³/mol. The van der Waals surface area contributed by atoms with Crippen LogP contribution in [0.15, 0.2) is 18.2 Å². The van der Waals surface area contributed by atoms with Crippen molar-refractivity contribution in [2.75, 3.05) is 11.5 Å². The third-order valence-electron chi connectivity index (χ3n) is 2.08. The number of hydrogen-bond acceptors (Lipinski definition) is 4. The minimum atomic E-state index is -1.51. The van der Waals surface area contributed by atoms with Crippen LogP contribution in [0.4, 0.5) is 11.4 Å². The molecule has 1 aromatic carbocycles. The van der Waals surface area contributed by atoms with E-state index >= 15 is 0 Å². The first-order chi connectivity index (χ1) is 6.35. The third-order valence-corrected chi connectivity index (χ3v) is 2.08. The largest absolute Gasteiger partial charge is 0.480 e. The zero-order valence-electron chi connectivity index (χ0n) is 7.82. The van der Waals surface area contributed by atoms with Crippen LogP contribution in [-0.2, 0) is 10.3 Å². The van der Waals surface area contributed by atoms with Crippen LogP contribution in [0, 0.1) is 0 Å². The second kappa shape index (κ2) is 3.19. The van der Waals surface area contributed by atoms with E-state index in [4.69, 9.17) is 22.3 Å². The fourth-order valence-electron chi connectivity index (χ4n) is 1.14. The minimum absolute atomic E-state index is 0.324. The Bertz CT molecular complexity index is 374. The summed E-state index contributed by atoms with van der Waals surface area (Å²) in [5, 5.41) is 8.89. The highest BCUT2D eigenvalue weighted by Crippen LogP contribution is 2.26. The van der Waals surface area contributed by atoms with Crippen LogP contribution in [0.25, 0.3) is 0 Å². The number of anilines is 2. The van der Waals surface area contributed by atoms with Crippen LogP contribution in [0.5, 0.6) is 0 Å². The molecule has 0 aromatic heterocycles. The summed E-state index contributed by atoms with van der Waals surface area (Å²) < 4.78 is 0. The molecular formula is C9H13N3O2. The van der Waals surface area contributed by atoms with Gasteiger partial charge in [0.25, 0.3) is 0 Å². The molecule has 0 aliphatic rings. The summed E-state index contributed by atoms with van der Waals surface area (Å²) in [6, 6.07) is 4.61. The Kier molecular flexibility index (Phi) is 2.35. The average molecular weight is 195 g/mol. The van der Waals surface area contributed by atoms with Crippen LogP contribution >= 0.6 is 0 Å². The smallest absolute Gasteiger partial charge is 0.328 e. The molecule has 0 aliphatic carbocycles. The number of aliphatic carboxylic acids is 1. The van der Waals surface area contributed by atoms with Gasteiger partial charge in [0.2, 0.25) is 0 Å². The number of carbonyl (C=O) groups is 1. The molecule has 14 heavy (non-hydrogen) atoms. The Balaban J connectivity index is 3.31. The Morgan fingerprint density at radius 2 is 2.00 bits per heavy atom. The first kappa shape index (κ1) is 10.3. The van der Waals surface area contributed by atoms with E-state index in [-0.39, 0.29) is 0 Å². The molecule has 0 fully saturated rings. The maximum Gasteiger partial charge on any atom is 0.328 e. The topological polar surface area (TPSA) is 115 Å². The fourth-order valence-corrected chi connectivity index (χ4v) is 1.14. The van der Waals surface area contributed by atoms with E-state index in [1.807, 2.05) is 0 Å². The lowest BCUT2D eigenvalue weighted by molar-refractivity contribution is -0.143. The predicted octanol–water partition coefficient (Wildman–Crippen LogP) is 0.110. The highest BCUT2D eigenvalue weighted by molar-refractivity contribution is 5.83. The van der Waals surface area contributed by atoms with Crippen molar-refractivity contribution in [1.82, 2.24) is 0 Å². The van der Waals surface area contributed by atoms with E-state index in [2.05, 4.69) is 0 Å². The molecule has 0 heterocycles. The summed E-state index contributed by atoms with van der Waals surface area (Å²) >= 11 is 0. The van der Waals surface area contributed by atoms with Crippen molar-refractivity contribution >= 4 is 17.3 Å². The first-order valence-corrected chi connectivity index (χ1v) is 4.03. The lowest BCUT2D eigenvalue weighted by atomic mass is 9.91. The van der Waals surface area contributed by atoms with Crippen molar-refractivity contribution in [3.63, 3.8) is 0 Å². The van der Waals surface area contributed by atoms with Crippen molar-refractivity contribution in [2.45, 2.75) is 12.5 Å². The maximum absolute atomic E-state index is 10.9. The molecule has 7 N–H and O–H groups in total. The van der Waals surface area contributed by atoms with Crippen LogP contribution in [0.3, 0.4) is 0 Å².